The minimum Gasteiger partial charge on any atom is -0.354 e. The van der Waals surface area contributed by atoms with Gasteiger partial charge in [0, 0.05) is 32.0 Å². The van der Waals surface area contributed by atoms with E-state index in [-0.39, 0.29) is 0 Å². The Morgan fingerprint density at radius 3 is 2.43 bits per heavy atom. The molecule has 0 saturated heterocycles. The predicted molar refractivity (Wildman–Crippen MR) is 83.9 cm³/mol. The van der Waals surface area contributed by atoms with Gasteiger partial charge in [-0.05, 0) is 25.8 Å². The van der Waals surface area contributed by atoms with Gasteiger partial charge in [-0.1, -0.05) is 13.8 Å². The molecule has 0 unspecified atom stereocenters. The topological polar surface area (TPSA) is 71.8 Å². The van der Waals surface area contributed by atoms with Gasteiger partial charge in [0.2, 0.25) is 11.9 Å². The number of hydrogen-bond donors (Lipinski definition) is 1. The van der Waals surface area contributed by atoms with Crippen molar-refractivity contribution < 1.29 is 0 Å². The minimum atomic E-state index is 0.540. The third-order valence-corrected chi connectivity index (χ3v) is 2.93. The number of anilines is 2. The van der Waals surface area contributed by atoms with Crippen LogP contribution in [0.25, 0.3) is 5.95 Å². The molecular formula is C14H23N7. The lowest BCUT2D eigenvalue weighted by atomic mass is 10.4. The van der Waals surface area contributed by atoms with E-state index in [4.69, 9.17) is 0 Å². The highest BCUT2D eigenvalue weighted by Gasteiger charge is 2.13. The number of hydrogen-bond acceptors (Lipinski definition) is 6. The molecule has 7 nitrogen and oxygen atoms in total. The first-order valence-electron chi connectivity index (χ1n) is 7.53. The molecule has 2 heterocycles. The van der Waals surface area contributed by atoms with E-state index in [0.717, 1.165) is 32.5 Å². The van der Waals surface area contributed by atoms with Gasteiger partial charge in [0.05, 0.1) is 0 Å². The van der Waals surface area contributed by atoms with Gasteiger partial charge in [0.15, 0.2) is 0 Å². The number of nitrogens with zero attached hydrogens (tertiary/aromatic N) is 6. The molecule has 0 aliphatic heterocycles. The van der Waals surface area contributed by atoms with Gasteiger partial charge < -0.3 is 10.2 Å². The third-order valence-electron chi connectivity index (χ3n) is 2.93. The summed E-state index contributed by atoms with van der Waals surface area (Å²) in [5, 5.41) is 7.36. The van der Waals surface area contributed by atoms with Crippen molar-refractivity contribution in [2.75, 3.05) is 29.9 Å². The van der Waals surface area contributed by atoms with Gasteiger partial charge in [0.1, 0.15) is 0 Å². The van der Waals surface area contributed by atoms with Crippen molar-refractivity contribution in [1.82, 2.24) is 24.7 Å². The molecule has 0 spiro atoms. The van der Waals surface area contributed by atoms with E-state index in [2.05, 4.69) is 44.1 Å². The van der Waals surface area contributed by atoms with Crippen LogP contribution >= 0.6 is 0 Å². The molecule has 2 aromatic heterocycles. The Labute approximate surface area is 125 Å². The van der Waals surface area contributed by atoms with Gasteiger partial charge in [-0.25, -0.2) is 4.68 Å². The van der Waals surface area contributed by atoms with Gasteiger partial charge >= 0.3 is 0 Å². The van der Waals surface area contributed by atoms with E-state index in [1.54, 1.807) is 10.9 Å². The largest absolute Gasteiger partial charge is 0.354 e. The van der Waals surface area contributed by atoms with Crippen LogP contribution in [0.5, 0.6) is 0 Å². The molecule has 0 aromatic carbocycles. The van der Waals surface area contributed by atoms with Crippen LogP contribution in [0.4, 0.5) is 11.9 Å². The Bertz CT molecular complexity index is 532. The summed E-state index contributed by atoms with van der Waals surface area (Å²) in [7, 11) is 0. The van der Waals surface area contributed by atoms with Gasteiger partial charge in [-0.2, -0.15) is 20.1 Å². The fourth-order valence-electron chi connectivity index (χ4n) is 2.07. The zero-order chi connectivity index (χ0) is 15.1. The summed E-state index contributed by atoms with van der Waals surface area (Å²) in [5.41, 5.74) is 0. The summed E-state index contributed by atoms with van der Waals surface area (Å²) in [6.07, 6.45) is 5.66. The molecule has 0 fully saturated rings. The summed E-state index contributed by atoms with van der Waals surface area (Å²) in [4.78, 5) is 15.7. The molecule has 0 bridgehead atoms. The summed E-state index contributed by atoms with van der Waals surface area (Å²) >= 11 is 0. The molecular weight excluding hydrogens is 266 g/mol. The van der Waals surface area contributed by atoms with E-state index in [0.29, 0.717) is 17.8 Å². The maximum Gasteiger partial charge on any atom is 0.257 e. The third kappa shape index (κ3) is 3.90. The second kappa shape index (κ2) is 7.56. The molecule has 1 N–H and O–H groups in total. The lowest BCUT2D eigenvalue weighted by molar-refractivity contribution is 0.706. The molecule has 2 aromatic rings. The first-order chi connectivity index (χ1) is 10.3. The molecule has 21 heavy (non-hydrogen) atoms. The summed E-state index contributed by atoms with van der Waals surface area (Å²) in [6, 6.07) is 1.85. The number of nitrogens with one attached hydrogen (secondary N) is 1. The predicted octanol–water partition coefficient (Wildman–Crippen LogP) is 2.12. The highest BCUT2D eigenvalue weighted by Crippen LogP contribution is 2.14. The molecule has 7 heteroatoms. The van der Waals surface area contributed by atoms with E-state index in [9.17, 15) is 0 Å². The SMILES string of the molecule is CCCN(CCC)c1nc(NCC)nc(-n2cccn2)n1. The Kier molecular flexibility index (Phi) is 5.48. The first-order valence-corrected chi connectivity index (χ1v) is 7.53. The van der Waals surface area contributed by atoms with Crippen LogP contribution in [0.1, 0.15) is 33.6 Å². The first kappa shape index (κ1) is 15.2. The van der Waals surface area contributed by atoms with Crippen LogP contribution in [0.15, 0.2) is 18.5 Å². The van der Waals surface area contributed by atoms with Crippen molar-refractivity contribution in [3.8, 4) is 5.95 Å². The van der Waals surface area contributed by atoms with Crippen LogP contribution in [0.2, 0.25) is 0 Å². The average molecular weight is 289 g/mol. The Hall–Kier alpha value is -2.18. The maximum atomic E-state index is 4.56. The van der Waals surface area contributed by atoms with E-state index >= 15 is 0 Å². The van der Waals surface area contributed by atoms with Crippen molar-refractivity contribution in [2.24, 2.45) is 0 Å². The monoisotopic (exact) mass is 289 g/mol. The summed E-state index contributed by atoms with van der Waals surface area (Å²) in [5.74, 6) is 1.83. The highest BCUT2D eigenvalue weighted by atomic mass is 15.4. The number of aromatic nitrogens is 5. The Balaban J connectivity index is 2.38. The molecule has 2 rings (SSSR count). The zero-order valence-corrected chi connectivity index (χ0v) is 13.0. The summed E-state index contributed by atoms with van der Waals surface area (Å²) in [6.45, 7) is 8.97. The molecule has 114 valence electrons. The fraction of sp³-hybridized carbons (Fsp3) is 0.571. The lowest BCUT2D eigenvalue weighted by Crippen LogP contribution is -2.28. The smallest absolute Gasteiger partial charge is 0.257 e. The summed E-state index contributed by atoms with van der Waals surface area (Å²) < 4.78 is 1.65. The Morgan fingerprint density at radius 1 is 1.10 bits per heavy atom. The second-order valence-electron chi connectivity index (χ2n) is 4.73. The molecule has 0 radical (unpaired) electrons. The van der Waals surface area contributed by atoms with Crippen molar-refractivity contribution in [2.45, 2.75) is 33.6 Å². The van der Waals surface area contributed by atoms with Crippen molar-refractivity contribution >= 4 is 11.9 Å². The Morgan fingerprint density at radius 2 is 1.86 bits per heavy atom. The fourth-order valence-corrected chi connectivity index (χ4v) is 2.07. The van der Waals surface area contributed by atoms with E-state index < -0.39 is 0 Å². The van der Waals surface area contributed by atoms with E-state index in [1.165, 1.54) is 0 Å². The van der Waals surface area contributed by atoms with Crippen molar-refractivity contribution in [3.63, 3.8) is 0 Å². The van der Waals surface area contributed by atoms with Gasteiger partial charge in [-0.3, -0.25) is 0 Å². The molecule has 0 amide bonds. The van der Waals surface area contributed by atoms with Crippen LogP contribution in [-0.2, 0) is 0 Å². The normalized spacial score (nSPS) is 10.6. The highest BCUT2D eigenvalue weighted by molar-refractivity contribution is 5.39. The zero-order valence-electron chi connectivity index (χ0n) is 13.0. The van der Waals surface area contributed by atoms with Crippen LogP contribution in [-0.4, -0.2) is 44.4 Å². The molecule has 0 aliphatic carbocycles. The minimum absolute atomic E-state index is 0.540. The van der Waals surface area contributed by atoms with Gasteiger partial charge in [0.25, 0.3) is 5.95 Å². The number of rotatable bonds is 8. The average Bonchev–Trinajstić information content (AvgIpc) is 3.01. The van der Waals surface area contributed by atoms with Crippen molar-refractivity contribution in [1.29, 1.82) is 0 Å². The van der Waals surface area contributed by atoms with E-state index in [1.807, 2.05) is 19.2 Å². The molecule has 0 atom stereocenters. The van der Waals surface area contributed by atoms with Gasteiger partial charge in [-0.15, -0.1) is 0 Å². The standard InChI is InChI=1S/C14H23N7/c1-4-9-20(10-5-2)13-17-12(15-6-3)18-14(19-13)21-11-7-8-16-21/h7-8,11H,4-6,9-10H2,1-3H3,(H,15,17,18,19). The second-order valence-corrected chi connectivity index (χ2v) is 4.73. The quantitative estimate of drug-likeness (QED) is 0.802. The van der Waals surface area contributed by atoms with Crippen LogP contribution in [0.3, 0.4) is 0 Å². The molecule has 0 aliphatic rings. The van der Waals surface area contributed by atoms with Crippen LogP contribution in [0, 0.1) is 0 Å². The maximum absolute atomic E-state index is 4.56. The van der Waals surface area contributed by atoms with Crippen molar-refractivity contribution in [3.05, 3.63) is 18.5 Å². The lowest BCUT2D eigenvalue weighted by Gasteiger charge is -2.22. The van der Waals surface area contributed by atoms with Crippen LogP contribution < -0.4 is 10.2 Å². The molecule has 0 saturated carbocycles.